The molecule has 0 fully saturated rings. The molecule has 196 valence electrons. The van der Waals surface area contributed by atoms with E-state index in [4.69, 9.17) is 10.5 Å². The van der Waals surface area contributed by atoms with Crippen molar-refractivity contribution < 1.29 is 23.1 Å². The van der Waals surface area contributed by atoms with Crippen molar-refractivity contribution in [2.75, 3.05) is 19.3 Å². The summed E-state index contributed by atoms with van der Waals surface area (Å²) in [5, 5.41) is 3.08. The Kier molecular flexibility index (Phi) is 7.84. The van der Waals surface area contributed by atoms with Crippen LogP contribution in [0.4, 0.5) is 14.7 Å². The molecule has 2 heterocycles. The molecule has 38 heavy (non-hydrogen) atoms. The molecule has 1 aliphatic rings. The Morgan fingerprint density at radius 3 is 2.39 bits per heavy atom. The first-order valence-corrected chi connectivity index (χ1v) is 11.6. The Hall–Kier alpha value is -4.15. The van der Waals surface area contributed by atoms with Gasteiger partial charge in [-0.15, -0.1) is 12.4 Å². The lowest BCUT2D eigenvalue weighted by Gasteiger charge is -2.17. The highest BCUT2D eigenvalue weighted by Crippen LogP contribution is 2.32. The highest BCUT2D eigenvalue weighted by Gasteiger charge is 2.27. The summed E-state index contributed by atoms with van der Waals surface area (Å²) in [6.07, 6.45) is 0. The molecule has 1 amide bonds. The molecular formula is C27H24ClF2N5O3. The average molecular weight is 540 g/mol. The fraction of sp³-hybridized carbons (Fsp3) is 0.185. The van der Waals surface area contributed by atoms with Crippen molar-refractivity contribution in [2.45, 2.75) is 19.7 Å². The van der Waals surface area contributed by atoms with Gasteiger partial charge in [-0.05, 0) is 53.6 Å². The third-order valence-electron chi connectivity index (χ3n) is 6.21. The summed E-state index contributed by atoms with van der Waals surface area (Å²) in [5.41, 5.74) is 9.61. The average Bonchev–Trinajstić information content (AvgIpc) is 3.32. The third-order valence-corrected chi connectivity index (χ3v) is 6.21. The number of likely N-dealkylation sites (N-methyl/N-ethyl adjacent to an activating group) is 1. The number of hydrogen-bond acceptors (Lipinski definition) is 7. The van der Waals surface area contributed by atoms with Gasteiger partial charge in [-0.3, -0.25) is 9.59 Å². The number of fused-ring (bicyclic) bond motifs is 2. The van der Waals surface area contributed by atoms with Gasteiger partial charge in [0.25, 0.3) is 5.91 Å². The second kappa shape index (κ2) is 11.1. The number of amides is 1. The van der Waals surface area contributed by atoms with E-state index in [-0.39, 0.29) is 48.7 Å². The topological polar surface area (TPSA) is 110 Å². The molecule has 0 unspecified atom stereocenters. The number of carbonyl (C=O) groups is 2. The Morgan fingerprint density at radius 1 is 1.03 bits per heavy atom. The van der Waals surface area contributed by atoms with Crippen molar-refractivity contribution >= 4 is 41.1 Å². The predicted octanol–water partition coefficient (Wildman–Crippen LogP) is 4.00. The van der Waals surface area contributed by atoms with Crippen molar-refractivity contribution in [1.82, 2.24) is 20.2 Å². The Balaban J connectivity index is 0.00000336. The standard InChI is InChI=1S/C27H23F2N5O3.ClH/c1-31-11-24(35)37-14-18-9-21(28)22(29)10-19(18)15-6-7-23-20(8-15)25(33-27(30)32-23)26(36)34-12-16-4-2-3-5-17(16)13-34;/h2-10,31H,11-14H2,1H3,(H2,30,32,33);1H. The van der Waals surface area contributed by atoms with Gasteiger partial charge in [-0.2, -0.15) is 0 Å². The molecule has 0 bridgehead atoms. The number of nitrogens with two attached hydrogens (primary N) is 1. The first kappa shape index (κ1) is 26.9. The molecular weight excluding hydrogens is 516 g/mol. The van der Waals surface area contributed by atoms with Crippen LogP contribution >= 0.6 is 12.4 Å². The van der Waals surface area contributed by atoms with Crippen molar-refractivity contribution in [2.24, 2.45) is 0 Å². The first-order valence-electron chi connectivity index (χ1n) is 11.6. The molecule has 3 aromatic carbocycles. The molecule has 5 rings (SSSR count). The number of nitrogens with zero attached hydrogens (tertiary/aromatic N) is 3. The molecule has 0 atom stereocenters. The largest absolute Gasteiger partial charge is 0.460 e. The normalized spacial score (nSPS) is 12.2. The predicted molar refractivity (Wildman–Crippen MR) is 140 cm³/mol. The Labute approximate surface area is 223 Å². The molecule has 0 saturated carbocycles. The number of benzene rings is 3. The number of halogens is 3. The van der Waals surface area contributed by atoms with Crippen molar-refractivity contribution in [3.8, 4) is 11.1 Å². The number of carbonyl (C=O) groups excluding carboxylic acids is 2. The van der Waals surface area contributed by atoms with Gasteiger partial charge in [-0.25, -0.2) is 18.7 Å². The van der Waals surface area contributed by atoms with Gasteiger partial charge in [0.05, 0.1) is 12.1 Å². The van der Waals surface area contributed by atoms with Crippen molar-refractivity contribution in [3.05, 3.63) is 88.6 Å². The summed E-state index contributed by atoms with van der Waals surface area (Å²) < 4.78 is 33.6. The van der Waals surface area contributed by atoms with Gasteiger partial charge in [0, 0.05) is 24.0 Å². The van der Waals surface area contributed by atoms with E-state index in [1.807, 2.05) is 24.3 Å². The maximum atomic E-state index is 14.3. The highest BCUT2D eigenvalue weighted by atomic mass is 35.5. The zero-order valence-electron chi connectivity index (χ0n) is 20.3. The van der Waals surface area contributed by atoms with Gasteiger partial charge in [-0.1, -0.05) is 30.3 Å². The number of hydrogen-bond donors (Lipinski definition) is 2. The van der Waals surface area contributed by atoms with Gasteiger partial charge in [0.2, 0.25) is 5.95 Å². The highest BCUT2D eigenvalue weighted by molar-refractivity contribution is 6.06. The zero-order chi connectivity index (χ0) is 26.1. The van der Waals surface area contributed by atoms with Crippen LogP contribution < -0.4 is 11.1 Å². The number of esters is 1. The Morgan fingerprint density at radius 2 is 1.71 bits per heavy atom. The van der Waals surface area contributed by atoms with E-state index in [2.05, 4.69) is 15.3 Å². The number of rotatable bonds is 6. The van der Waals surface area contributed by atoms with Crippen LogP contribution in [0.25, 0.3) is 22.0 Å². The van der Waals surface area contributed by atoms with E-state index < -0.39 is 17.6 Å². The molecule has 0 spiro atoms. The maximum absolute atomic E-state index is 14.3. The lowest BCUT2D eigenvalue weighted by molar-refractivity contribution is -0.143. The van der Waals surface area contributed by atoms with Gasteiger partial charge in [0.15, 0.2) is 11.6 Å². The molecule has 3 N–H and O–H groups in total. The fourth-order valence-corrected chi connectivity index (χ4v) is 4.43. The molecule has 8 nitrogen and oxygen atoms in total. The van der Waals surface area contributed by atoms with E-state index in [1.165, 1.54) is 0 Å². The van der Waals surface area contributed by atoms with Crippen LogP contribution in [0.15, 0.2) is 54.6 Å². The minimum atomic E-state index is -1.07. The van der Waals surface area contributed by atoms with Crippen LogP contribution in [0.5, 0.6) is 0 Å². The number of ether oxygens (including phenoxy) is 1. The van der Waals surface area contributed by atoms with Crippen molar-refractivity contribution in [1.29, 1.82) is 0 Å². The summed E-state index contributed by atoms with van der Waals surface area (Å²) in [6.45, 7) is 0.581. The van der Waals surface area contributed by atoms with Crippen molar-refractivity contribution in [3.63, 3.8) is 0 Å². The van der Waals surface area contributed by atoms with Gasteiger partial charge >= 0.3 is 5.97 Å². The Bertz CT molecular complexity index is 1520. The number of aromatic nitrogens is 2. The van der Waals surface area contributed by atoms with E-state index >= 15 is 0 Å². The zero-order valence-corrected chi connectivity index (χ0v) is 21.1. The lowest BCUT2D eigenvalue weighted by Crippen LogP contribution is -2.27. The molecule has 0 saturated heterocycles. The summed E-state index contributed by atoms with van der Waals surface area (Å²) in [7, 11) is 1.59. The second-order valence-corrected chi connectivity index (χ2v) is 8.71. The quantitative estimate of drug-likeness (QED) is 0.356. The maximum Gasteiger partial charge on any atom is 0.320 e. The van der Waals surface area contributed by atoms with Crippen LogP contribution in [0.1, 0.15) is 27.2 Å². The van der Waals surface area contributed by atoms with Crippen LogP contribution in [0, 0.1) is 11.6 Å². The van der Waals surface area contributed by atoms with Crippen LogP contribution in [-0.2, 0) is 29.2 Å². The van der Waals surface area contributed by atoms with Crippen LogP contribution in [-0.4, -0.2) is 40.3 Å². The molecule has 0 aliphatic carbocycles. The molecule has 0 radical (unpaired) electrons. The van der Waals surface area contributed by atoms with Gasteiger partial charge in [0.1, 0.15) is 12.3 Å². The van der Waals surface area contributed by atoms with E-state index in [0.29, 0.717) is 35.1 Å². The molecule has 1 aliphatic heterocycles. The number of anilines is 1. The monoisotopic (exact) mass is 539 g/mol. The minimum absolute atomic E-state index is 0. The lowest BCUT2D eigenvalue weighted by atomic mass is 9.97. The molecule has 4 aromatic rings. The van der Waals surface area contributed by atoms with Gasteiger partial charge < -0.3 is 20.7 Å². The number of nitrogens with one attached hydrogen (secondary N) is 1. The summed E-state index contributed by atoms with van der Waals surface area (Å²) in [4.78, 5) is 35.5. The SMILES string of the molecule is CNCC(=O)OCc1cc(F)c(F)cc1-c1ccc2nc(N)nc(C(=O)N3Cc4ccccc4C3)c2c1.Cl. The first-order chi connectivity index (χ1) is 17.8. The summed E-state index contributed by atoms with van der Waals surface area (Å²) in [5.74, 6) is -3.03. The second-order valence-electron chi connectivity index (χ2n) is 8.71. The van der Waals surface area contributed by atoms with Crippen LogP contribution in [0.3, 0.4) is 0 Å². The summed E-state index contributed by atoms with van der Waals surface area (Å²) >= 11 is 0. The number of nitrogen functional groups attached to an aromatic ring is 1. The molecule has 11 heteroatoms. The fourth-order valence-electron chi connectivity index (χ4n) is 4.43. The summed E-state index contributed by atoms with van der Waals surface area (Å²) in [6, 6.07) is 14.7. The minimum Gasteiger partial charge on any atom is -0.460 e. The third kappa shape index (κ3) is 5.27. The van der Waals surface area contributed by atoms with Crippen LogP contribution in [0.2, 0.25) is 0 Å². The molecule has 1 aromatic heterocycles. The van der Waals surface area contributed by atoms with E-state index in [0.717, 1.165) is 23.3 Å². The van der Waals surface area contributed by atoms with E-state index in [9.17, 15) is 18.4 Å². The van der Waals surface area contributed by atoms with E-state index in [1.54, 1.807) is 30.1 Å². The smallest absolute Gasteiger partial charge is 0.320 e.